The normalized spacial score (nSPS) is 31.1. The van der Waals surface area contributed by atoms with Crippen LogP contribution in [0.15, 0.2) is 6.20 Å². The Balaban J connectivity index is 1.68. The lowest BCUT2D eigenvalue weighted by Crippen LogP contribution is -2.36. The average Bonchev–Trinajstić information content (AvgIpc) is 2.84. The fourth-order valence-corrected chi connectivity index (χ4v) is 3.54. The van der Waals surface area contributed by atoms with Gasteiger partial charge in [0.15, 0.2) is 0 Å². The molecule has 3 aliphatic rings. The third-order valence-electron chi connectivity index (χ3n) is 4.77. The van der Waals surface area contributed by atoms with Crippen molar-refractivity contribution in [1.82, 2.24) is 14.9 Å². The molecular weight excluding hydrogens is 224 g/mol. The van der Waals surface area contributed by atoms with E-state index in [0.717, 1.165) is 24.9 Å². The highest BCUT2D eigenvalue weighted by molar-refractivity contribution is 5.39. The van der Waals surface area contributed by atoms with Gasteiger partial charge in [-0.05, 0) is 31.6 Å². The lowest BCUT2D eigenvalue weighted by Gasteiger charge is -2.25. The van der Waals surface area contributed by atoms with E-state index in [9.17, 15) is 0 Å². The van der Waals surface area contributed by atoms with Crippen molar-refractivity contribution >= 4 is 5.95 Å². The topological polar surface area (TPSA) is 33.1 Å². The Hall–Kier alpha value is -1.03. The summed E-state index contributed by atoms with van der Waals surface area (Å²) in [6.45, 7) is 5.74. The van der Waals surface area contributed by atoms with Crippen LogP contribution in [0.4, 0.5) is 5.95 Å². The maximum absolute atomic E-state index is 4.89. The summed E-state index contributed by atoms with van der Waals surface area (Å²) >= 11 is 0. The Bertz CT molecular complexity index is 449. The molecule has 0 spiro atoms. The number of anilines is 1. The molecule has 0 amide bonds. The Morgan fingerprint density at radius 3 is 3.00 bits per heavy atom. The largest absolute Gasteiger partial charge is 0.338 e. The standard InChI is InChI=1S/C14H22N4/c1-2-11-9-18(12-3-4-12)14(16-11)17-6-5-10-7-15-8-13(10)17/h9-10,12-13,15H,2-8H2,1H3/t10-,13+/m0/s1. The molecular formula is C14H22N4. The van der Waals surface area contributed by atoms with E-state index in [-0.39, 0.29) is 0 Å². The van der Waals surface area contributed by atoms with Crippen LogP contribution in [0.2, 0.25) is 0 Å². The highest BCUT2D eigenvalue weighted by Gasteiger charge is 2.40. The molecule has 1 N–H and O–H groups in total. The number of hydrogen-bond donors (Lipinski definition) is 1. The number of nitrogens with zero attached hydrogens (tertiary/aromatic N) is 3. The second-order valence-electron chi connectivity index (χ2n) is 5.99. The van der Waals surface area contributed by atoms with Gasteiger partial charge >= 0.3 is 0 Å². The fourth-order valence-electron chi connectivity index (χ4n) is 3.54. The molecule has 2 saturated heterocycles. The summed E-state index contributed by atoms with van der Waals surface area (Å²) in [4.78, 5) is 7.47. The summed E-state index contributed by atoms with van der Waals surface area (Å²) < 4.78 is 2.46. The molecule has 2 aliphatic heterocycles. The van der Waals surface area contributed by atoms with E-state index >= 15 is 0 Å². The predicted molar refractivity (Wildman–Crippen MR) is 72.0 cm³/mol. The molecule has 1 saturated carbocycles. The van der Waals surface area contributed by atoms with Crippen LogP contribution >= 0.6 is 0 Å². The van der Waals surface area contributed by atoms with Gasteiger partial charge in [-0.2, -0.15) is 0 Å². The summed E-state index contributed by atoms with van der Waals surface area (Å²) in [6, 6.07) is 1.43. The minimum Gasteiger partial charge on any atom is -0.338 e. The molecule has 1 aromatic heterocycles. The molecule has 98 valence electrons. The van der Waals surface area contributed by atoms with Gasteiger partial charge in [-0.25, -0.2) is 4.98 Å². The number of imidazole rings is 1. The highest BCUT2D eigenvalue weighted by Crippen LogP contribution is 2.40. The Morgan fingerprint density at radius 2 is 2.22 bits per heavy atom. The SMILES string of the molecule is CCc1cn(C2CC2)c(N2CC[C@H]3CNC[C@H]32)n1. The fraction of sp³-hybridized carbons (Fsp3) is 0.786. The number of rotatable bonds is 3. The third kappa shape index (κ3) is 1.58. The smallest absolute Gasteiger partial charge is 0.206 e. The van der Waals surface area contributed by atoms with Crippen LogP contribution in [0, 0.1) is 5.92 Å². The molecule has 2 atom stereocenters. The summed E-state index contributed by atoms with van der Waals surface area (Å²) in [6.07, 6.45) is 7.35. The van der Waals surface area contributed by atoms with E-state index < -0.39 is 0 Å². The van der Waals surface area contributed by atoms with Crippen LogP contribution in [0.25, 0.3) is 0 Å². The van der Waals surface area contributed by atoms with Crippen molar-refractivity contribution < 1.29 is 0 Å². The van der Waals surface area contributed by atoms with Gasteiger partial charge in [0.2, 0.25) is 5.95 Å². The molecule has 4 nitrogen and oxygen atoms in total. The minimum atomic E-state index is 0.689. The van der Waals surface area contributed by atoms with Crippen LogP contribution in [0.3, 0.4) is 0 Å². The van der Waals surface area contributed by atoms with Gasteiger partial charge in [-0.15, -0.1) is 0 Å². The van der Waals surface area contributed by atoms with Crippen LogP contribution in [0.1, 0.15) is 37.9 Å². The zero-order chi connectivity index (χ0) is 12.1. The summed E-state index contributed by atoms with van der Waals surface area (Å²) in [5.41, 5.74) is 1.26. The van der Waals surface area contributed by atoms with E-state index in [1.165, 1.54) is 44.0 Å². The first-order valence-electron chi connectivity index (χ1n) is 7.42. The first kappa shape index (κ1) is 10.9. The predicted octanol–water partition coefficient (Wildman–Crippen LogP) is 1.58. The first-order chi connectivity index (χ1) is 8.86. The van der Waals surface area contributed by atoms with E-state index in [2.05, 4.69) is 27.9 Å². The van der Waals surface area contributed by atoms with Gasteiger partial charge in [0, 0.05) is 37.9 Å². The van der Waals surface area contributed by atoms with Gasteiger partial charge in [0.25, 0.3) is 0 Å². The van der Waals surface area contributed by atoms with Crippen molar-refractivity contribution in [2.75, 3.05) is 24.5 Å². The van der Waals surface area contributed by atoms with Crippen LogP contribution in [-0.2, 0) is 6.42 Å². The number of aromatic nitrogens is 2. The molecule has 0 aromatic carbocycles. The summed E-state index contributed by atoms with van der Waals surface area (Å²) in [5, 5.41) is 3.53. The van der Waals surface area contributed by atoms with Crippen molar-refractivity contribution in [3.8, 4) is 0 Å². The summed E-state index contributed by atoms with van der Waals surface area (Å²) in [5.74, 6) is 2.10. The number of nitrogens with one attached hydrogen (secondary N) is 1. The second-order valence-corrected chi connectivity index (χ2v) is 5.99. The van der Waals surface area contributed by atoms with Gasteiger partial charge in [0.1, 0.15) is 0 Å². The van der Waals surface area contributed by atoms with E-state index in [4.69, 9.17) is 4.98 Å². The number of fused-ring (bicyclic) bond motifs is 1. The van der Waals surface area contributed by atoms with Gasteiger partial charge in [-0.3, -0.25) is 0 Å². The second kappa shape index (κ2) is 3.98. The first-order valence-corrected chi connectivity index (χ1v) is 7.42. The molecule has 4 heteroatoms. The zero-order valence-corrected chi connectivity index (χ0v) is 11.1. The van der Waals surface area contributed by atoms with Gasteiger partial charge < -0.3 is 14.8 Å². The molecule has 0 bridgehead atoms. The van der Waals surface area contributed by atoms with Crippen molar-refractivity contribution in [3.05, 3.63) is 11.9 Å². The Labute approximate surface area is 108 Å². The average molecular weight is 246 g/mol. The van der Waals surface area contributed by atoms with Crippen molar-refractivity contribution in [2.45, 2.75) is 44.7 Å². The lowest BCUT2D eigenvalue weighted by molar-refractivity contribution is 0.570. The van der Waals surface area contributed by atoms with E-state index in [1.807, 2.05) is 0 Å². The molecule has 0 radical (unpaired) electrons. The lowest BCUT2D eigenvalue weighted by atomic mass is 10.1. The van der Waals surface area contributed by atoms with Crippen LogP contribution in [-0.4, -0.2) is 35.2 Å². The van der Waals surface area contributed by atoms with Crippen LogP contribution in [0.5, 0.6) is 0 Å². The molecule has 3 heterocycles. The quantitative estimate of drug-likeness (QED) is 0.879. The highest BCUT2D eigenvalue weighted by atomic mass is 15.4. The Kier molecular flexibility index (Phi) is 2.40. The van der Waals surface area contributed by atoms with Gasteiger partial charge in [-0.1, -0.05) is 6.92 Å². The van der Waals surface area contributed by atoms with E-state index in [0.29, 0.717) is 6.04 Å². The molecule has 1 aromatic rings. The molecule has 18 heavy (non-hydrogen) atoms. The van der Waals surface area contributed by atoms with Crippen LogP contribution < -0.4 is 10.2 Å². The van der Waals surface area contributed by atoms with Crippen molar-refractivity contribution in [3.63, 3.8) is 0 Å². The van der Waals surface area contributed by atoms with Gasteiger partial charge in [0.05, 0.1) is 5.69 Å². The number of hydrogen-bond acceptors (Lipinski definition) is 3. The molecule has 4 rings (SSSR count). The molecule has 1 aliphatic carbocycles. The maximum atomic E-state index is 4.89. The minimum absolute atomic E-state index is 0.689. The van der Waals surface area contributed by atoms with Crippen molar-refractivity contribution in [2.24, 2.45) is 5.92 Å². The molecule has 3 fully saturated rings. The monoisotopic (exact) mass is 246 g/mol. The Morgan fingerprint density at radius 1 is 1.33 bits per heavy atom. The third-order valence-corrected chi connectivity index (χ3v) is 4.77. The maximum Gasteiger partial charge on any atom is 0.206 e. The summed E-state index contributed by atoms with van der Waals surface area (Å²) in [7, 11) is 0. The number of aryl methyl sites for hydroxylation is 1. The van der Waals surface area contributed by atoms with Crippen molar-refractivity contribution in [1.29, 1.82) is 0 Å². The molecule has 0 unspecified atom stereocenters. The van der Waals surface area contributed by atoms with E-state index in [1.54, 1.807) is 0 Å². The zero-order valence-electron chi connectivity index (χ0n) is 11.1.